The Morgan fingerprint density at radius 1 is 1.19 bits per heavy atom. The summed E-state index contributed by atoms with van der Waals surface area (Å²) in [7, 11) is 0. The number of nitrogens with one attached hydrogen (secondary N) is 1. The van der Waals surface area contributed by atoms with Gasteiger partial charge in [0.15, 0.2) is 0 Å². The van der Waals surface area contributed by atoms with Crippen molar-refractivity contribution in [2.45, 2.75) is 57.5 Å². The van der Waals surface area contributed by atoms with Gasteiger partial charge in [0, 0.05) is 30.1 Å². The van der Waals surface area contributed by atoms with Gasteiger partial charge >= 0.3 is 0 Å². The molecule has 4 rings (SSSR count). The largest absolute Gasteiger partial charge is 0.335 e. The van der Waals surface area contributed by atoms with Crippen molar-refractivity contribution in [1.29, 1.82) is 0 Å². The van der Waals surface area contributed by atoms with Crippen LogP contribution in [0.2, 0.25) is 0 Å². The molecule has 1 atom stereocenters. The standard InChI is InChI=1S/C20H26F2N2O.ClH/c21-15-6-5-14(18(22)11-15)13-24(16-3-1-2-4-16)19(25)17-12-20(17)7-9-23-10-8-20;/h5-6,11,16-17,23H,1-4,7-10,12-13H2;1H. The normalized spacial score (nSPS) is 24.3. The zero-order valence-corrected chi connectivity index (χ0v) is 15.8. The number of carbonyl (C=O) groups excluding carboxylic acids is 1. The second-order valence-electron chi connectivity index (χ2n) is 8.01. The summed E-state index contributed by atoms with van der Waals surface area (Å²) < 4.78 is 27.3. The van der Waals surface area contributed by atoms with Gasteiger partial charge in [0.05, 0.1) is 0 Å². The van der Waals surface area contributed by atoms with Gasteiger partial charge in [-0.05, 0) is 56.7 Å². The summed E-state index contributed by atoms with van der Waals surface area (Å²) in [6, 6.07) is 3.88. The first-order valence-electron chi connectivity index (χ1n) is 9.54. The molecule has 1 aromatic carbocycles. The summed E-state index contributed by atoms with van der Waals surface area (Å²) >= 11 is 0. The molecule has 1 aromatic rings. The summed E-state index contributed by atoms with van der Waals surface area (Å²) in [6.07, 6.45) is 7.34. The molecule has 144 valence electrons. The third-order valence-electron chi connectivity index (χ3n) is 6.49. The molecule has 2 aliphatic carbocycles. The van der Waals surface area contributed by atoms with Crippen LogP contribution in [0.5, 0.6) is 0 Å². The number of hydrogen-bond donors (Lipinski definition) is 1. The number of piperidine rings is 1. The summed E-state index contributed by atoms with van der Waals surface area (Å²) in [5.74, 6) is -0.838. The maximum atomic E-state index is 14.1. The SMILES string of the molecule is Cl.O=C(C1CC12CCNCC2)N(Cc1ccc(F)cc1F)C1CCCC1. The lowest BCUT2D eigenvalue weighted by Gasteiger charge is -2.31. The number of rotatable bonds is 4. The first kappa shape index (κ1) is 19.6. The topological polar surface area (TPSA) is 32.3 Å². The number of amides is 1. The fourth-order valence-corrected chi connectivity index (χ4v) is 4.81. The Labute approximate surface area is 159 Å². The van der Waals surface area contributed by atoms with Crippen LogP contribution in [0.3, 0.4) is 0 Å². The highest BCUT2D eigenvalue weighted by Gasteiger charge is 2.59. The minimum atomic E-state index is -0.573. The Bertz CT molecular complexity index is 657. The molecule has 3 fully saturated rings. The monoisotopic (exact) mass is 384 g/mol. The quantitative estimate of drug-likeness (QED) is 0.849. The molecule has 26 heavy (non-hydrogen) atoms. The predicted molar refractivity (Wildman–Crippen MR) is 99.1 cm³/mol. The molecular formula is C20H27ClF2N2O. The molecule has 1 aliphatic heterocycles. The zero-order chi connectivity index (χ0) is 17.4. The summed E-state index contributed by atoms with van der Waals surface area (Å²) in [6.45, 7) is 2.24. The minimum absolute atomic E-state index is 0. The van der Waals surface area contributed by atoms with Crippen molar-refractivity contribution in [2.75, 3.05) is 13.1 Å². The average Bonchev–Trinajstić information content (AvgIpc) is 3.04. The Morgan fingerprint density at radius 3 is 2.54 bits per heavy atom. The van der Waals surface area contributed by atoms with E-state index in [1.54, 1.807) is 0 Å². The highest BCUT2D eigenvalue weighted by atomic mass is 35.5. The Hall–Kier alpha value is -1.20. The van der Waals surface area contributed by atoms with Crippen molar-refractivity contribution in [3.63, 3.8) is 0 Å². The minimum Gasteiger partial charge on any atom is -0.335 e. The molecule has 0 radical (unpaired) electrons. The molecule has 1 unspecified atom stereocenters. The van der Waals surface area contributed by atoms with Gasteiger partial charge in [0.25, 0.3) is 0 Å². The van der Waals surface area contributed by atoms with Gasteiger partial charge in [-0.15, -0.1) is 12.4 Å². The summed E-state index contributed by atoms with van der Waals surface area (Å²) in [5.41, 5.74) is 0.599. The average molecular weight is 385 g/mol. The van der Waals surface area contributed by atoms with Crippen LogP contribution in [0.15, 0.2) is 18.2 Å². The van der Waals surface area contributed by atoms with E-state index in [1.165, 1.54) is 12.1 Å². The molecule has 1 saturated heterocycles. The molecular weight excluding hydrogens is 358 g/mol. The smallest absolute Gasteiger partial charge is 0.226 e. The highest BCUT2D eigenvalue weighted by Crippen LogP contribution is 2.59. The molecule has 0 bridgehead atoms. The van der Waals surface area contributed by atoms with Gasteiger partial charge in [0.2, 0.25) is 5.91 Å². The summed E-state index contributed by atoms with van der Waals surface area (Å²) in [5, 5.41) is 3.37. The molecule has 2 saturated carbocycles. The van der Waals surface area contributed by atoms with Crippen LogP contribution in [-0.4, -0.2) is 29.9 Å². The van der Waals surface area contributed by atoms with E-state index in [9.17, 15) is 13.6 Å². The van der Waals surface area contributed by atoms with E-state index in [0.717, 1.165) is 64.1 Å². The lowest BCUT2D eigenvalue weighted by atomic mass is 9.91. The van der Waals surface area contributed by atoms with Crippen molar-refractivity contribution in [3.05, 3.63) is 35.4 Å². The van der Waals surface area contributed by atoms with Crippen LogP contribution in [0, 0.1) is 23.0 Å². The lowest BCUT2D eigenvalue weighted by Crippen LogP contribution is -2.41. The molecule has 6 heteroatoms. The Kier molecular flexibility index (Phi) is 5.88. The van der Waals surface area contributed by atoms with Gasteiger partial charge in [-0.25, -0.2) is 8.78 Å². The number of benzene rings is 1. The molecule has 1 amide bonds. The number of hydrogen-bond acceptors (Lipinski definition) is 2. The predicted octanol–water partition coefficient (Wildman–Crippen LogP) is 4.05. The van der Waals surface area contributed by atoms with Crippen molar-refractivity contribution in [1.82, 2.24) is 10.2 Å². The maximum Gasteiger partial charge on any atom is 0.226 e. The van der Waals surface area contributed by atoms with E-state index in [0.29, 0.717) is 5.56 Å². The fraction of sp³-hybridized carbons (Fsp3) is 0.650. The second-order valence-corrected chi connectivity index (χ2v) is 8.01. The van der Waals surface area contributed by atoms with Crippen LogP contribution >= 0.6 is 12.4 Å². The maximum absolute atomic E-state index is 14.1. The number of carbonyl (C=O) groups is 1. The van der Waals surface area contributed by atoms with Gasteiger partial charge in [0.1, 0.15) is 11.6 Å². The van der Waals surface area contributed by atoms with Crippen molar-refractivity contribution < 1.29 is 13.6 Å². The van der Waals surface area contributed by atoms with Crippen LogP contribution in [0.1, 0.15) is 50.5 Å². The third kappa shape index (κ3) is 3.74. The van der Waals surface area contributed by atoms with Gasteiger partial charge in [-0.3, -0.25) is 4.79 Å². The molecule has 1 heterocycles. The van der Waals surface area contributed by atoms with E-state index in [4.69, 9.17) is 0 Å². The van der Waals surface area contributed by atoms with Crippen molar-refractivity contribution in [2.24, 2.45) is 11.3 Å². The first-order valence-corrected chi connectivity index (χ1v) is 9.54. The molecule has 1 N–H and O–H groups in total. The van der Waals surface area contributed by atoms with Gasteiger partial charge < -0.3 is 10.2 Å². The van der Waals surface area contributed by atoms with E-state index < -0.39 is 11.6 Å². The highest BCUT2D eigenvalue weighted by molar-refractivity contribution is 5.85. The van der Waals surface area contributed by atoms with E-state index in [-0.39, 0.29) is 42.2 Å². The van der Waals surface area contributed by atoms with E-state index in [1.807, 2.05) is 4.90 Å². The molecule has 1 spiro atoms. The van der Waals surface area contributed by atoms with Crippen molar-refractivity contribution in [3.8, 4) is 0 Å². The second kappa shape index (κ2) is 7.81. The Morgan fingerprint density at radius 2 is 1.88 bits per heavy atom. The zero-order valence-electron chi connectivity index (χ0n) is 15.0. The van der Waals surface area contributed by atoms with Gasteiger partial charge in [-0.2, -0.15) is 0 Å². The number of nitrogens with zero attached hydrogens (tertiary/aromatic N) is 1. The van der Waals surface area contributed by atoms with Crippen LogP contribution in [0.25, 0.3) is 0 Å². The van der Waals surface area contributed by atoms with Crippen LogP contribution < -0.4 is 5.32 Å². The fourth-order valence-electron chi connectivity index (χ4n) is 4.81. The first-order chi connectivity index (χ1) is 12.1. The van der Waals surface area contributed by atoms with Gasteiger partial charge in [-0.1, -0.05) is 18.9 Å². The van der Waals surface area contributed by atoms with Crippen LogP contribution in [0.4, 0.5) is 8.78 Å². The third-order valence-corrected chi connectivity index (χ3v) is 6.49. The molecule has 3 nitrogen and oxygen atoms in total. The Balaban J connectivity index is 0.00000196. The lowest BCUT2D eigenvalue weighted by molar-refractivity contribution is -0.136. The molecule has 3 aliphatic rings. The summed E-state index contributed by atoms with van der Waals surface area (Å²) in [4.78, 5) is 15.2. The van der Waals surface area contributed by atoms with Crippen molar-refractivity contribution >= 4 is 18.3 Å². The van der Waals surface area contributed by atoms with E-state index >= 15 is 0 Å². The number of halogens is 3. The molecule has 0 aromatic heterocycles. The van der Waals surface area contributed by atoms with E-state index in [2.05, 4.69) is 5.32 Å². The van der Waals surface area contributed by atoms with Crippen LogP contribution in [-0.2, 0) is 11.3 Å².